The second-order valence-corrected chi connectivity index (χ2v) is 4.23. The van der Waals surface area contributed by atoms with Crippen molar-refractivity contribution in [3.05, 3.63) is 35.4 Å². The van der Waals surface area contributed by atoms with Crippen molar-refractivity contribution < 1.29 is 24.9 Å². The van der Waals surface area contributed by atoms with Crippen molar-refractivity contribution in [3.63, 3.8) is 0 Å². The molecular formula is C13H19NO5. The van der Waals surface area contributed by atoms with Crippen molar-refractivity contribution in [2.45, 2.75) is 26.5 Å². The zero-order valence-corrected chi connectivity index (χ0v) is 10.9. The van der Waals surface area contributed by atoms with Crippen LogP contribution in [0.2, 0.25) is 0 Å². The number of hydrogen-bond donors (Lipinski definition) is 4. The van der Waals surface area contributed by atoms with Gasteiger partial charge in [0, 0.05) is 0 Å². The number of hydrogen-bond acceptors (Lipinski definition) is 4. The van der Waals surface area contributed by atoms with Gasteiger partial charge in [-0.25, -0.2) is 4.79 Å². The molecule has 106 valence electrons. The average Bonchev–Trinajstić information content (AvgIpc) is 2.38. The fraction of sp³-hybridized carbons (Fsp3) is 0.385. The van der Waals surface area contributed by atoms with Crippen LogP contribution in [0.1, 0.15) is 29.8 Å². The second kappa shape index (κ2) is 8.23. The Morgan fingerprint density at radius 3 is 2.00 bits per heavy atom. The molecule has 0 amide bonds. The summed E-state index contributed by atoms with van der Waals surface area (Å²) in [5, 5.41) is 25.5. The van der Waals surface area contributed by atoms with Crippen molar-refractivity contribution in [3.8, 4) is 0 Å². The fourth-order valence-electron chi connectivity index (χ4n) is 1.15. The van der Waals surface area contributed by atoms with Gasteiger partial charge in [0.2, 0.25) is 0 Å². The van der Waals surface area contributed by atoms with Crippen LogP contribution in [-0.2, 0) is 11.4 Å². The number of aromatic carboxylic acids is 1. The Balaban J connectivity index is 0.000000362. The number of nitrogens with two attached hydrogens (primary N) is 1. The predicted octanol–water partition coefficient (Wildman–Crippen LogP) is 0.931. The zero-order valence-electron chi connectivity index (χ0n) is 10.9. The first kappa shape index (κ1) is 17.1. The lowest BCUT2D eigenvalue weighted by molar-refractivity contribution is -0.139. The van der Waals surface area contributed by atoms with Gasteiger partial charge in [-0.2, -0.15) is 0 Å². The molecule has 6 nitrogen and oxygen atoms in total. The SMILES string of the molecule is CC(C)[C@H](N)C(=O)O.O=C(O)c1ccccc1CO. The van der Waals surface area contributed by atoms with Gasteiger partial charge in [-0.3, -0.25) is 4.79 Å². The van der Waals surface area contributed by atoms with Crippen molar-refractivity contribution in [2.75, 3.05) is 0 Å². The number of benzene rings is 1. The summed E-state index contributed by atoms with van der Waals surface area (Å²) in [5.41, 5.74) is 5.77. The van der Waals surface area contributed by atoms with E-state index in [1.807, 2.05) is 0 Å². The first-order chi connectivity index (χ1) is 8.81. The minimum Gasteiger partial charge on any atom is -0.480 e. The molecule has 1 rings (SSSR count). The number of aliphatic hydroxyl groups excluding tert-OH is 1. The molecule has 0 saturated heterocycles. The van der Waals surface area contributed by atoms with E-state index >= 15 is 0 Å². The molecule has 0 bridgehead atoms. The van der Waals surface area contributed by atoms with Crippen LogP contribution in [-0.4, -0.2) is 33.3 Å². The molecule has 1 aromatic rings. The molecule has 1 atom stereocenters. The van der Waals surface area contributed by atoms with Gasteiger partial charge in [0.05, 0.1) is 12.2 Å². The second-order valence-electron chi connectivity index (χ2n) is 4.23. The molecule has 6 heteroatoms. The van der Waals surface area contributed by atoms with Crippen LogP contribution in [0.15, 0.2) is 24.3 Å². The normalized spacial score (nSPS) is 11.4. The van der Waals surface area contributed by atoms with E-state index < -0.39 is 18.0 Å². The molecule has 5 N–H and O–H groups in total. The van der Waals surface area contributed by atoms with E-state index in [2.05, 4.69) is 0 Å². The standard InChI is InChI=1S/C8H8O3.C5H11NO2/c9-5-6-3-1-2-4-7(6)8(10)11;1-3(2)4(6)5(7)8/h1-4,9H,5H2,(H,10,11);3-4H,6H2,1-2H3,(H,7,8)/t;4-/m.0/s1. The van der Waals surface area contributed by atoms with Crippen LogP contribution in [0.3, 0.4) is 0 Å². The van der Waals surface area contributed by atoms with E-state index in [0.29, 0.717) is 5.56 Å². The van der Waals surface area contributed by atoms with Gasteiger partial charge in [-0.05, 0) is 17.5 Å². The minimum absolute atomic E-state index is 0.0208. The van der Waals surface area contributed by atoms with Crippen LogP contribution >= 0.6 is 0 Å². The Morgan fingerprint density at radius 2 is 1.74 bits per heavy atom. The molecule has 0 radical (unpaired) electrons. The quantitative estimate of drug-likeness (QED) is 0.645. The lowest BCUT2D eigenvalue weighted by Gasteiger charge is -2.07. The van der Waals surface area contributed by atoms with Crippen molar-refractivity contribution in [2.24, 2.45) is 11.7 Å². The molecule has 0 heterocycles. The Hall–Kier alpha value is -1.92. The maximum absolute atomic E-state index is 10.5. The molecule has 0 saturated carbocycles. The summed E-state index contributed by atoms with van der Waals surface area (Å²) in [6.07, 6.45) is 0. The minimum atomic E-state index is -1.00. The third-order valence-corrected chi connectivity index (χ3v) is 2.42. The highest BCUT2D eigenvalue weighted by molar-refractivity contribution is 5.89. The smallest absolute Gasteiger partial charge is 0.336 e. The first-order valence-electron chi connectivity index (χ1n) is 5.71. The van der Waals surface area contributed by atoms with E-state index in [9.17, 15) is 9.59 Å². The van der Waals surface area contributed by atoms with Crippen LogP contribution < -0.4 is 5.73 Å². The van der Waals surface area contributed by atoms with E-state index in [1.54, 1.807) is 32.0 Å². The Kier molecular flexibility index (Phi) is 7.40. The van der Waals surface area contributed by atoms with Crippen molar-refractivity contribution >= 4 is 11.9 Å². The van der Waals surface area contributed by atoms with Gasteiger partial charge in [0.1, 0.15) is 6.04 Å². The van der Waals surface area contributed by atoms with E-state index in [4.69, 9.17) is 21.1 Å². The number of rotatable bonds is 4. The maximum atomic E-state index is 10.5. The molecule has 0 fully saturated rings. The predicted molar refractivity (Wildman–Crippen MR) is 69.8 cm³/mol. The molecule has 0 aliphatic carbocycles. The highest BCUT2D eigenvalue weighted by Gasteiger charge is 2.14. The molecule has 0 aliphatic rings. The summed E-state index contributed by atoms with van der Waals surface area (Å²) < 4.78 is 0. The number of carbonyl (C=O) groups is 2. The van der Waals surface area contributed by atoms with Gasteiger partial charge in [0.25, 0.3) is 0 Å². The van der Waals surface area contributed by atoms with Gasteiger partial charge in [-0.1, -0.05) is 32.0 Å². The largest absolute Gasteiger partial charge is 0.480 e. The molecule has 1 aromatic carbocycles. The molecule has 19 heavy (non-hydrogen) atoms. The lowest BCUT2D eigenvalue weighted by atomic mass is 10.1. The van der Waals surface area contributed by atoms with Crippen molar-refractivity contribution in [1.29, 1.82) is 0 Å². The van der Waals surface area contributed by atoms with Crippen LogP contribution in [0.5, 0.6) is 0 Å². The van der Waals surface area contributed by atoms with Crippen LogP contribution in [0.4, 0.5) is 0 Å². The van der Waals surface area contributed by atoms with Crippen LogP contribution in [0, 0.1) is 5.92 Å². The highest BCUT2D eigenvalue weighted by atomic mass is 16.4. The average molecular weight is 269 g/mol. The third kappa shape index (κ3) is 5.98. The number of carboxylic acids is 2. The number of aliphatic hydroxyl groups is 1. The summed E-state index contributed by atoms with van der Waals surface area (Å²) >= 11 is 0. The molecule has 0 unspecified atom stereocenters. The monoisotopic (exact) mass is 269 g/mol. The molecule has 0 spiro atoms. The summed E-state index contributed by atoms with van der Waals surface area (Å²) in [6, 6.07) is 5.66. The Labute approximate surface area is 111 Å². The third-order valence-electron chi connectivity index (χ3n) is 2.42. The van der Waals surface area contributed by atoms with Gasteiger partial charge in [0.15, 0.2) is 0 Å². The zero-order chi connectivity index (χ0) is 15.0. The summed E-state index contributed by atoms with van der Waals surface area (Å²) in [5.74, 6) is -1.91. The van der Waals surface area contributed by atoms with Crippen molar-refractivity contribution in [1.82, 2.24) is 0 Å². The lowest BCUT2D eigenvalue weighted by Crippen LogP contribution is -2.34. The van der Waals surface area contributed by atoms with Gasteiger partial charge >= 0.3 is 11.9 Å². The summed E-state index contributed by atoms with van der Waals surface area (Å²) in [4.78, 5) is 20.5. The Morgan fingerprint density at radius 1 is 1.21 bits per heavy atom. The topological polar surface area (TPSA) is 121 Å². The van der Waals surface area contributed by atoms with Gasteiger partial charge < -0.3 is 21.1 Å². The Bertz CT molecular complexity index is 431. The number of carboxylic acid groups (broad SMARTS) is 2. The maximum Gasteiger partial charge on any atom is 0.336 e. The van der Waals surface area contributed by atoms with Gasteiger partial charge in [-0.15, -0.1) is 0 Å². The number of aliphatic carboxylic acids is 1. The molecular weight excluding hydrogens is 250 g/mol. The van der Waals surface area contributed by atoms with E-state index in [0.717, 1.165) is 0 Å². The van der Waals surface area contributed by atoms with E-state index in [1.165, 1.54) is 6.07 Å². The first-order valence-corrected chi connectivity index (χ1v) is 5.71. The highest BCUT2D eigenvalue weighted by Crippen LogP contribution is 2.07. The molecule has 0 aliphatic heterocycles. The summed E-state index contributed by atoms with van der Waals surface area (Å²) in [6.45, 7) is 3.32. The molecule has 0 aromatic heterocycles. The summed E-state index contributed by atoms with van der Waals surface area (Å²) in [7, 11) is 0. The van der Waals surface area contributed by atoms with Crippen LogP contribution in [0.25, 0.3) is 0 Å². The fourth-order valence-corrected chi connectivity index (χ4v) is 1.15. The van der Waals surface area contributed by atoms with E-state index in [-0.39, 0.29) is 18.1 Å².